The molecule has 0 fully saturated rings. The zero-order valence-corrected chi connectivity index (χ0v) is 16.5. The van der Waals surface area contributed by atoms with Crippen LogP contribution in [0.1, 0.15) is 45.2 Å². The SMILES string of the molecule is Cc1cccc(C2(C)NC(=O)c3c(C)c4c(c(=O)n32)Nc2cc(N)ncc2C4)c1. The van der Waals surface area contributed by atoms with Crippen molar-refractivity contribution in [3.05, 3.63) is 80.4 Å². The van der Waals surface area contributed by atoms with Crippen molar-refractivity contribution in [1.29, 1.82) is 0 Å². The second kappa shape index (κ2) is 5.70. The lowest BCUT2D eigenvalue weighted by Crippen LogP contribution is -2.46. The van der Waals surface area contributed by atoms with Gasteiger partial charge in [-0.05, 0) is 43.0 Å². The monoisotopic (exact) mass is 387 g/mol. The van der Waals surface area contributed by atoms with E-state index in [4.69, 9.17) is 5.73 Å². The van der Waals surface area contributed by atoms with Gasteiger partial charge in [0.05, 0.1) is 0 Å². The molecule has 5 rings (SSSR count). The molecule has 7 nitrogen and oxygen atoms in total. The van der Waals surface area contributed by atoms with E-state index in [2.05, 4.69) is 15.6 Å². The number of hydrogen-bond acceptors (Lipinski definition) is 5. The molecule has 7 heteroatoms. The molecule has 2 aromatic heterocycles. The van der Waals surface area contributed by atoms with Gasteiger partial charge in [0, 0.05) is 24.4 Å². The number of benzene rings is 1. The van der Waals surface area contributed by atoms with Crippen LogP contribution in [-0.4, -0.2) is 15.5 Å². The Morgan fingerprint density at radius 1 is 1.21 bits per heavy atom. The number of carbonyl (C=O) groups excluding carboxylic acids is 1. The molecule has 3 aromatic rings. The summed E-state index contributed by atoms with van der Waals surface area (Å²) < 4.78 is 1.58. The summed E-state index contributed by atoms with van der Waals surface area (Å²) in [6, 6.07) is 9.57. The third-order valence-corrected chi connectivity index (χ3v) is 5.98. The van der Waals surface area contributed by atoms with E-state index < -0.39 is 5.66 Å². The number of nitrogens with one attached hydrogen (secondary N) is 2. The Bertz CT molecular complexity index is 1280. The van der Waals surface area contributed by atoms with Gasteiger partial charge in [0.1, 0.15) is 22.9 Å². The highest BCUT2D eigenvalue weighted by Crippen LogP contribution is 2.38. The highest BCUT2D eigenvalue weighted by atomic mass is 16.2. The molecule has 1 aromatic carbocycles. The van der Waals surface area contributed by atoms with Gasteiger partial charge in [-0.25, -0.2) is 4.98 Å². The molecule has 29 heavy (non-hydrogen) atoms. The van der Waals surface area contributed by atoms with E-state index in [1.54, 1.807) is 16.8 Å². The van der Waals surface area contributed by atoms with E-state index in [1.807, 2.05) is 45.0 Å². The second-order valence-corrected chi connectivity index (χ2v) is 7.93. The normalized spacial score (nSPS) is 19.1. The van der Waals surface area contributed by atoms with E-state index in [-0.39, 0.29) is 11.5 Å². The van der Waals surface area contributed by atoms with Gasteiger partial charge in [-0.3, -0.25) is 14.2 Å². The molecule has 0 saturated heterocycles. The van der Waals surface area contributed by atoms with Crippen LogP contribution in [0.5, 0.6) is 0 Å². The van der Waals surface area contributed by atoms with Crippen LogP contribution >= 0.6 is 0 Å². The Hall–Kier alpha value is -3.61. The quantitative estimate of drug-likeness (QED) is 0.466. The molecule has 0 bridgehead atoms. The average molecular weight is 387 g/mol. The first-order chi connectivity index (χ1) is 13.8. The second-order valence-electron chi connectivity index (χ2n) is 7.93. The predicted octanol–water partition coefficient (Wildman–Crippen LogP) is 2.55. The Balaban J connectivity index is 1.77. The number of amides is 1. The summed E-state index contributed by atoms with van der Waals surface area (Å²) in [7, 11) is 0. The summed E-state index contributed by atoms with van der Waals surface area (Å²) in [5.74, 6) is 0.145. The Kier molecular flexibility index (Phi) is 3.44. The van der Waals surface area contributed by atoms with Crippen LogP contribution in [-0.2, 0) is 12.1 Å². The third kappa shape index (κ3) is 2.33. The summed E-state index contributed by atoms with van der Waals surface area (Å²) in [4.78, 5) is 30.8. The van der Waals surface area contributed by atoms with Crippen LogP contribution in [0, 0.1) is 13.8 Å². The molecule has 0 spiro atoms. The molecule has 0 aliphatic carbocycles. The third-order valence-electron chi connectivity index (χ3n) is 5.98. The number of anilines is 3. The van der Waals surface area contributed by atoms with Crippen molar-refractivity contribution in [3.63, 3.8) is 0 Å². The fourth-order valence-electron chi connectivity index (χ4n) is 4.46. The fourth-order valence-corrected chi connectivity index (χ4v) is 4.46. The van der Waals surface area contributed by atoms with Crippen LogP contribution in [0.2, 0.25) is 0 Å². The minimum atomic E-state index is -0.964. The smallest absolute Gasteiger partial charge is 0.277 e. The van der Waals surface area contributed by atoms with E-state index in [0.717, 1.165) is 33.5 Å². The van der Waals surface area contributed by atoms with Gasteiger partial charge in [0.15, 0.2) is 0 Å². The number of hydrogen-bond donors (Lipinski definition) is 3. The maximum atomic E-state index is 13.6. The molecular weight excluding hydrogens is 366 g/mol. The van der Waals surface area contributed by atoms with Crippen molar-refractivity contribution in [2.24, 2.45) is 0 Å². The Morgan fingerprint density at radius 2 is 2.00 bits per heavy atom. The zero-order chi connectivity index (χ0) is 20.5. The highest BCUT2D eigenvalue weighted by molar-refractivity contribution is 5.98. The Labute approximate surface area is 167 Å². The first-order valence-corrected chi connectivity index (χ1v) is 9.49. The number of nitrogens with zero attached hydrogens (tertiary/aromatic N) is 2. The number of carbonyl (C=O) groups is 1. The van der Waals surface area contributed by atoms with Crippen LogP contribution < -0.4 is 21.9 Å². The van der Waals surface area contributed by atoms with Gasteiger partial charge in [-0.1, -0.05) is 29.8 Å². The molecule has 4 N–H and O–H groups in total. The molecule has 2 aliphatic rings. The van der Waals surface area contributed by atoms with E-state index >= 15 is 0 Å². The van der Waals surface area contributed by atoms with Crippen molar-refractivity contribution in [1.82, 2.24) is 14.9 Å². The van der Waals surface area contributed by atoms with Gasteiger partial charge < -0.3 is 16.4 Å². The maximum Gasteiger partial charge on any atom is 0.277 e. The fraction of sp³-hybridized carbons (Fsp3) is 0.227. The molecule has 4 heterocycles. The number of aryl methyl sites for hydroxylation is 1. The highest BCUT2D eigenvalue weighted by Gasteiger charge is 2.44. The average Bonchev–Trinajstić information content (AvgIpc) is 2.97. The molecule has 0 radical (unpaired) electrons. The molecule has 146 valence electrons. The van der Waals surface area contributed by atoms with E-state index in [0.29, 0.717) is 23.6 Å². The zero-order valence-electron chi connectivity index (χ0n) is 16.5. The summed E-state index contributed by atoms with van der Waals surface area (Å²) in [6.45, 7) is 5.74. The topological polar surface area (TPSA) is 102 Å². The number of nitrogen functional groups attached to an aromatic ring is 1. The lowest BCUT2D eigenvalue weighted by atomic mass is 9.93. The molecule has 1 amide bonds. The van der Waals surface area contributed by atoms with Crippen LogP contribution in [0.15, 0.2) is 41.3 Å². The lowest BCUT2D eigenvalue weighted by Gasteiger charge is -2.30. The summed E-state index contributed by atoms with van der Waals surface area (Å²) >= 11 is 0. The minimum absolute atomic E-state index is 0.232. The standard InChI is InChI=1S/C22H21N5O2/c1-11-5-4-6-14(7-11)22(3)26-20(28)19-12(2)15-8-13-10-24-17(23)9-16(13)25-18(15)21(29)27(19)22/h4-7,9-10,25H,8H2,1-3H3,(H2,23,24)(H,26,28). The van der Waals surface area contributed by atoms with Crippen molar-refractivity contribution in [3.8, 4) is 0 Å². The van der Waals surface area contributed by atoms with Crippen molar-refractivity contribution in [2.45, 2.75) is 32.9 Å². The Morgan fingerprint density at radius 3 is 2.76 bits per heavy atom. The van der Waals surface area contributed by atoms with E-state index in [1.165, 1.54) is 0 Å². The number of rotatable bonds is 1. The number of nitrogens with two attached hydrogens (primary N) is 1. The van der Waals surface area contributed by atoms with Crippen molar-refractivity contribution < 1.29 is 4.79 Å². The predicted molar refractivity (Wildman–Crippen MR) is 112 cm³/mol. The molecule has 0 saturated carbocycles. The summed E-state index contributed by atoms with van der Waals surface area (Å²) in [6.07, 6.45) is 2.23. The van der Waals surface area contributed by atoms with Gasteiger partial charge >= 0.3 is 0 Å². The maximum absolute atomic E-state index is 13.6. The molecule has 1 unspecified atom stereocenters. The lowest BCUT2D eigenvalue weighted by molar-refractivity contribution is 0.0941. The van der Waals surface area contributed by atoms with E-state index in [9.17, 15) is 9.59 Å². The van der Waals surface area contributed by atoms with Gasteiger partial charge in [-0.2, -0.15) is 0 Å². The van der Waals surface area contributed by atoms with Crippen molar-refractivity contribution >= 4 is 23.1 Å². The van der Waals surface area contributed by atoms with Gasteiger partial charge in [0.25, 0.3) is 11.5 Å². The first kappa shape index (κ1) is 17.5. The molecule has 1 atom stereocenters. The largest absolute Gasteiger partial charge is 0.384 e. The van der Waals surface area contributed by atoms with Crippen LogP contribution in [0.25, 0.3) is 0 Å². The summed E-state index contributed by atoms with van der Waals surface area (Å²) in [5, 5.41) is 6.28. The summed E-state index contributed by atoms with van der Waals surface area (Å²) in [5.41, 5.74) is 10.8. The number of aromatic nitrogens is 2. The van der Waals surface area contributed by atoms with Gasteiger partial charge in [-0.15, -0.1) is 0 Å². The van der Waals surface area contributed by atoms with Crippen LogP contribution in [0.3, 0.4) is 0 Å². The number of fused-ring (bicyclic) bond motifs is 3. The van der Waals surface area contributed by atoms with Crippen LogP contribution in [0.4, 0.5) is 17.2 Å². The minimum Gasteiger partial charge on any atom is -0.384 e. The van der Waals surface area contributed by atoms with Crippen molar-refractivity contribution in [2.75, 3.05) is 11.1 Å². The molecular formula is C22H21N5O2. The first-order valence-electron chi connectivity index (χ1n) is 9.49. The molecule has 2 aliphatic heterocycles. The number of pyridine rings is 2. The van der Waals surface area contributed by atoms with Gasteiger partial charge in [0.2, 0.25) is 0 Å².